The molecule has 0 N–H and O–H groups in total. The van der Waals surface area contributed by atoms with Gasteiger partial charge in [-0.1, -0.05) is 41.9 Å². The van der Waals surface area contributed by atoms with Gasteiger partial charge in [0, 0.05) is 6.04 Å². The van der Waals surface area contributed by atoms with Crippen LogP contribution in [0.5, 0.6) is 0 Å². The van der Waals surface area contributed by atoms with E-state index in [2.05, 4.69) is 23.7 Å². The van der Waals surface area contributed by atoms with Crippen molar-refractivity contribution in [3.63, 3.8) is 0 Å². The van der Waals surface area contributed by atoms with Crippen molar-refractivity contribution in [3.8, 4) is 0 Å². The van der Waals surface area contributed by atoms with E-state index in [1.807, 2.05) is 30.3 Å². The molecule has 0 atom stereocenters. The van der Waals surface area contributed by atoms with Crippen molar-refractivity contribution >= 4 is 17.9 Å². The van der Waals surface area contributed by atoms with Crippen LogP contribution in [0.4, 0.5) is 0 Å². The minimum Gasteiger partial charge on any atom is -0.488 e. The molecule has 0 amide bonds. The van der Waals surface area contributed by atoms with Crippen LogP contribution < -0.4 is 0 Å². The van der Waals surface area contributed by atoms with Crippen LogP contribution in [0, 0.1) is 0 Å². The molecular formula is C14H17ClN2O. The number of hydrogen-bond donors (Lipinski definition) is 0. The minimum atomic E-state index is 0.383. The maximum Gasteiger partial charge on any atom is 0.170 e. The Morgan fingerprint density at radius 3 is 2.72 bits per heavy atom. The molecule has 96 valence electrons. The second-order valence-corrected chi connectivity index (χ2v) is 4.86. The van der Waals surface area contributed by atoms with E-state index < -0.39 is 0 Å². The van der Waals surface area contributed by atoms with Gasteiger partial charge in [-0.15, -0.1) is 0 Å². The summed E-state index contributed by atoms with van der Waals surface area (Å²) in [5.74, 6) is 0.733. The molecule has 0 fully saturated rings. The van der Waals surface area contributed by atoms with Crippen molar-refractivity contribution in [1.29, 1.82) is 0 Å². The summed E-state index contributed by atoms with van der Waals surface area (Å²) >= 11 is 6.05. The Labute approximate surface area is 113 Å². The monoisotopic (exact) mass is 264 g/mol. The molecule has 3 nitrogen and oxygen atoms in total. The molecule has 1 heterocycles. The summed E-state index contributed by atoms with van der Waals surface area (Å²) in [6, 6.07) is 10.4. The van der Waals surface area contributed by atoms with Crippen LogP contribution in [0.25, 0.3) is 0 Å². The third-order valence-corrected chi connectivity index (χ3v) is 3.10. The first-order chi connectivity index (χ1) is 8.66. The van der Waals surface area contributed by atoms with Gasteiger partial charge in [-0.3, -0.25) is 0 Å². The normalized spacial score (nSPS) is 15.4. The number of halogens is 1. The predicted octanol–water partition coefficient (Wildman–Crippen LogP) is 3.36. The number of hydrogen-bond acceptors (Lipinski definition) is 3. The van der Waals surface area contributed by atoms with Crippen molar-refractivity contribution < 1.29 is 4.74 Å². The molecule has 0 bridgehead atoms. The summed E-state index contributed by atoms with van der Waals surface area (Å²) in [5.41, 5.74) is 1.13. The highest BCUT2D eigenvalue weighted by atomic mass is 35.5. The topological polar surface area (TPSA) is 24.8 Å². The van der Waals surface area contributed by atoms with Crippen molar-refractivity contribution in [2.24, 2.45) is 4.99 Å². The average Bonchev–Trinajstić information content (AvgIpc) is 2.38. The minimum absolute atomic E-state index is 0.383. The first kappa shape index (κ1) is 13.0. The van der Waals surface area contributed by atoms with Gasteiger partial charge >= 0.3 is 0 Å². The molecule has 0 spiro atoms. The molecule has 1 aromatic rings. The van der Waals surface area contributed by atoms with Gasteiger partial charge in [-0.2, -0.15) is 0 Å². The third kappa shape index (κ3) is 3.26. The predicted molar refractivity (Wildman–Crippen MR) is 74.4 cm³/mol. The number of ether oxygens (including phenoxy) is 1. The molecule has 0 aliphatic carbocycles. The Bertz CT molecular complexity index is 454. The quantitative estimate of drug-likeness (QED) is 0.779. The lowest BCUT2D eigenvalue weighted by molar-refractivity contribution is 0.168. The van der Waals surface area contributed by atoms with Gasteiger partial charge in [0.2, 0.25) is 0 Å². The number of rotatable bonds is 4. The second kappa shape index (κ2) is 5.91. The van der Waals surface area contributed by atoms with E-state index in [0.717, 1.165) is 11.3 Å². The molecule has 0 saturated heterocycles. The van der Waals surface area contributed by atoms with Gasteiger partial charge < -0.3 is 9.64 Å². The van der Waals surface area contributed by atoms with E-state index >= 15 is 0 Å². The Morgan fingerprint density at radius 2 is 2.06 bits per heavy atom. The number of benzene rings is 1. The van der Waals surface area contributed by atoms with Crippen LogP contribution in [-0.2, 0) is 11.3 Å². The van der Waals surface area contributed by atoms with Crippen molar-refractivity contribution in [1.82, 2.24) is 4.90 Å². The molecule has 0 radical (unpaired) electrons. The van der Waals surface area contributed by atoms with E-state index in [9.17, 15) is 0 Å². The Hall–Kier alpha value is -1.48. The summed E-state index contributed by atoms with van der Waals surface area (Å²) in [6.45, 7) is 5.42. The summed E-state index contributed by atoms with van der Waals surface area (Å²) in [6.07, 6.45) is 1.77. The molecular weight excluding hydrogens is 248 g/mol. The first-order valence-corrected chi connectivity index (χ1v) is 6.40. The molecule has 0 saturated carbocycles. The van der Waals surface area contributed by atoms with Crippen molar-refractivity contribution in [3.05, 3.63) is 46.8 Å². The molecule has 1 aromatic carbocycles. The van der Waals surface area contributed by atoms with Gasteiger partial charge in [-0.05, 0) is 19.4 Å². The smallest absolute Gasteiger partial charge is 0.170 e. The number of nitrogens with zero attached hydrogens (tertiary/aromatic N) is 2. The van der Waals surface area contributed by atoms with Crippen molar-refractivity contribution in [2.75, 3.05) is 6.54 Å². The maximum absolute atomic E-state index is 6.05. The fourth-order valence-electron chi connectivity index (χ4n) is 1.63. The fraction of sp³-hybridized carbons (Fsp3) is 0.357. The van der Waals surface area contributed by atoms with E-state index in [-0.39, 0.29) is 0 Å². The van der Waals surface area contributed by atoms with Crippen LogP contribution in [-0.4, -0.2) is 23.8 Å². The van der Waals surface area contributed by atoms with Gasteiger partial charge in [0.05, 0.1) is 12.9 Å². The molecule has 0 aromatic heterocycles. The van der Waals surface area contributed by atoms with E-state index in [4.69, 9.17) is 16.3 Å². The largest absolute Gasteiger partial charge is 0.488 e. The average molecular weight is 265 g/mol. The number of aliphatic imine (C=N–C) groups is 1. The standard InChI is InChI=1S/C14H17ClN2O/c1-11(2)17-8-13(14(15)16-10-17)18-9-12-6-4-3-5-7-12/h3-7,10-11H,8-9H2,1-2H3. The summed E-state index contributed by atoms with van der Waals surface area (Å²) < 4.78 is 5.75. The van der Waals surface area contributed by atoms with Gasteiger partial charge in [0.25, 0.3) is 0 Å². The highest BCUT2D eigenvalue weighted by molar-refractivity contribution is 6.30. The highest BCUT2D eigenvalue weighted by Crippen LogP contribution is 2.20. The highest BCUT2D eigenvalue weighted by Gasteiger charge is 2.17. The summed E-state index contributed by atoms with van der Waals surface area (Å²) in [7, 11) is 0. The molecule has 4 heteroatoms. The van der Waals surface area contributed by atoms with Crippen LogP contribution in [0.1, 0.15) is 19.4 Å². The van der Waals surface area contributed by atoms with E-state index in [1.165, 1.54) is 0 Å². The van der Waals surface area contributed by atoms with Crippen LogP contribution in [0.15, 0.2) is 46.2 Å². The fourth-order valence-corrected chi connectivity index (χ4v) is 1.79. The molecule has 18 heavy (non-hydrogen) atoms. The SMILES string of the molecule is CC(C)N1C=NC(Cl)=C(OCc2ccccc2)C1. The Balaban J connectivity index is 1.98. The van der Waals surface area contributed by atoms with Gasteiger partial charge in [0.1, 0.15) is 6.61 Å². The molecule has 2 rings (SSSR count). The zero-order valence-corrected chi connectivity index (χ0v) is 11.4. The van der Waals surface area contributed by atoms with Crippen LogP contribution in [0.2, 0.25) is 0 Å². The summed E-state index contributed by atoms with van der Waals surface area (Å²) in [4.78, 5) is 6.24. The van der Waals surface area contributed by atoms with E-state index in [1.54, 1.807) is 6.34 Å². The van der Waals surface area contributed by atoms with E-state index in [0.29, 0.717) is 24.3 Å². The van der Waals surface area contributed by atoms with Crippen LogP contribution in [0.3, 0.4) is 0 Å². The van der Waals surface area contributed by atoms with Gasteiger partial charge in [0.15, 0.2) is 10.9 Å². The lowest BCUT2D eigenvalue weighted by Gasteiger charge is -2.28. The van der Waals surface area contributed by atoms with Gasteiger partial charge in [-0.25, -0.2) is 4.99 Å². The lowest BCUT2D eigenvalue weighted by atomic mass is 10.2. The lowest BCUT2D eigenvalue weighted by Crippen LogP contribution is -2.34. The Kier molecular flexibility index (Phi) is 4.26. The zero-order chi connectivity index (χ0) is 13.0. The first-order valence-electron chi connectivity index (χ1n) is 6.02. The zero-order valence-electron chi connectivity index (χ0n) is 10.6. The maximum atomic E-state index is 6.05. The molecule has 0 unspecified atom stereocenters. The second-order valence-electron chi connectivity index (χ2n) is 4.50. The van der Waals surface area contributed by atoms with Crippen LogP contribution >= 0.6 is 11.6 Å². The Morgan fingerprint density at radius 1 is 1.33 bits per heavy atom. The summed E-state index contributed by atoms with van der Waals surface area (Å²) in [5, 5.41) is 0.447. The molecule has 1 aliphatic rings. The third-order valence-electron chi connectivity index (χ3n) is 2.79. The van der Waals surface area contributed by atoms with Crippen molar-refractivity contribution in [2.45, 2.75) is 26.5 Å². The molecule has 1 aliphatic heterocycles.